The van der Waals surface area contributed by atoms with Crippen molar-refractivity contribution in [2.45, 2.75) is 111 Å². The Bertz CT molecular complexity index is 4230. The van der Waals surface area contributed by atoms with E-state index in [2.05, 4.69) is 85.5 Å². The van der Waals surface area contributed by atoms with Crippen molar-refractivity contribution >= 4 is 112 Å². The Hall–Kier alpha value is -7.58. The third-order valence-corrected chi connectivity index (χ3v) is 18.4. The molecule has 3 fully saturated rings. The highest BCUT2D eigenvalue weighted by Gasteiger charge is 2.33. The number of hydrogen-bond acceptors (Lipinski definition) is 17. The van der Waals surface area contributed by atoms with E-state index in [-0.39, 0.29) is 61.9 Å². The number of nitrogens with zero attached hydrogens (tertiary/aromatic N) is 6. The van der Waals surface area contributed by atoms with E-state index in [1.807, 2.05) is 121 Å². The number of nitrogens with two attached hydrogens (primary N) is 1. The third kappa shape index (κ3) is 31.5. The van der Waals surface area contributed by atoms with Crippen LogP contribution in [0.25, 0.3) is 22.3 Å². The van der Waals surface area contributed by atoms with Gasteiger partial charge >= 0.3 is 12.2 Å². The van der Waals surface area contributed by atoms with Crippen molar-refractivity contribution in [3.63, 3.8) is 0 Å². The van der Waals surface area contributed by atoms with Crippen molar-refractivity contribution in [3.05, 3.63) is 210 Å². The zero-order chi connectivity index (χ0) is 74.7. The SMILES string of the molecule is C#C.CC(C)(C)OC(=O)N1CC[C@@H](N)C1.CC(C)(C)OC(=O)N1CC[C@@H](NS(=O)(=O)c2cccc(C#N)c2)C1.ClCCl.N#Cc1cccc(S(=O)(=O)Cl)c1.N#Cc1cccc(S(=O)(=O)N[C@@H]2CCN(Cc3ccc(-c4ccccc4)cc3)C2)c1.O=Cc1ccc(-c2ccccc2)cc1.SI. The fourth-order valence-corrected chi connectivity index (χ4v) is 12.9. The first kappa shape index (κ1) is 86.6. The van der Waals surface area contributed by atoms with Gasteiger partial charge in [-0.1, -0.05) is 127 Å². The number of alkyl halides is 2. The maximum atomic E-state index is 12.7. The molecule has 7 aromatic rings. The van der Waals surface area contributed by atoms with Crippen LogP contribution in [0.1, 0.15) is 93.4 Å². The summed E-state index contributed by atoms with van der Waals surface area (Å²) < 4.78 is 87.5. The quantitative estimate of drug-likeness (QED) is 0.0221. The molecule has 0 bridgehead atoms. The number of aldehydes is 1. The molecule has 100 heavy (non-hydrogen) atoms. The number of sulfonamides is 2. The van der Waals surface area contributed by atoms with Crippen LogP contribution in [0.5, 0.6) is 0 Å². The second-order valence-electron chi connectivity index (χ2n) is 24.0. The average molecular weight is 1610 g/mol. The Kier molecular flexibility index (Phi) is 37.5. The summed E-state index contributed by atoms with van der Waals surface area (Å²) in [6, 6.07) is 59.2. The first-order chi connectivity index (χ1) is 47.4. The molecule has 28 heteroatoms. The minimum atomic E-state index is -3.74. The van der Waals surface area contributed by atoms with E-state index in [1.54, 1.807) is 43.9 Å². The van der Waals surface area contributed by atoms with Crippen LogP contribution in [-0.4, -0.2) is 132 Å². The number of amides is 2. The molecular formula is C72H81Cl3IN9O11S4. The minimum Gasteiger partial charge on any atom is -0.444 e. The molecule has 532 valence electrons. The molecule has 3 aliphatic heterocycles. The molecule has 20 nitrogen and oxygen atoms in total. The highest BCUT2D eigenvalue weighted by atomic mass is 127. The fourth-order valence-electron chi connectivity index (χ4n) is 9.53. The zero-order valence-electron chi connectivity index (χ0n) is 56.0. The second kappa shape index (κ2) is 43.3. The summed E-state index contributed by atoms with van der Waals surface area (Å²) in [5.41, 5.74) is 12.2. The number of likely N-dealkylation sites (tertiary alicyclic amines) is 3. The summed E-state index contributed by atoms with van der Waals surface area (Å²) in [5.74, 6) is 0. The molecule has 0 aliphatic carbocycles. The van der Waals surface area contributed by atoms with Crippen LogP contribution in [0.15, 0.2) is 197 Å². The molecule has 0 saturated carbocycles. The van der Waals surface area contributed by atoms with Gasteiger partial charge in [0.05, 0.1) is 54.9 Å². The predicted molar refractivity (Wildman–Crippen MR) is 406 cm³/mol. The van der Waals surface area contributed by atoms with Crippen LogP contribution >= 0.6 is 64.9 Å². The standard InChI is InChI=1S/C24H23N3O2S.C16H21N3O4S.C13H10O.C9H18N2O2.C7H4ClNO2S.C2H2.CH2Cl2.HIS/c25-16-20-5-4-8-24(15-20)30(28,29)26-23-13-14-27(18-23)17-19-9-11-22(12-10-19)21-6-2-1-3-7-21;1-16(2,3)23-15(20)19-8-7-13(11-19)18-24(21,22)14-6-4-5-12(9-14)10-17;14-10-11-6-8-13(9-7-11)12-4-2-1-3-5-12;1-9(2,3)13-8(12)11-5-4-7(10)6-11;8-12(10,11)7-3-1-2-6(4-7)5-9;1-2;2-1-3;1-2/h1-12,15,23,26H,13-14,17-18H2;4-6,9,13,18H,7-8,11H2,1-3H3;1-10H;7H,4-6,10H2,1-3H3;1-4H;1-2H;1H2;2H/t23-;13-;;7-;;;;/m11.1..../s1. The predicted octanol–water partition coefficient (Wildman–Crippen LogP) is 14.2. The maximum absolute atomic E-state index is 12.7. The number of thiol groups is 1. The topological polar surface area (TPSA) is 303 Å². The van der Waals surface area contributed by atoms with E-state index in [0.29, 0.717) is 37.2 Å². The maximum Gasteiger partial charge on any atom is 0.410 e. The number of ether oxygens (including phenoxy) is 2. The van der Waals surface area contributed by atoms with Crippen LogP contribution < -0.4 is 15.2 Å². The largest absolute Gasteiger partial charge is 0.444 e. The van der Waals surface area contributed by atoms with E-state index in [4.69, 9.17) is 64.9 Å². The lowest BCUT2D eigenvalue weighted by Crippen LogP contribution is -2.40. The fraction of sp³-hybridized carbons (Fsp3) is 0.306. The molecule has 10 rings (SSSR count). The van der Waals surface area contributed by atoms with Gasteiger partial charge in [0.25, 0.3) is 9.05 Å². The van der Waals surface area contributed by atoms with Gasteiger partial charge in [0.1, 0.15) is 17.5 Å². The number of rotatable bonds is 12. The Labute approximate surface area is 621 Å². The molecule has 3 heterocycles. The van der Waals surface area contributed by atoms with Crippen molar-refractivity contribution in [1.29, 1.82) is 15.8 Å². The molecule has 2 amide bonds. The first-order valence-electron chi connectivity index (χ1n) is 30.7. The number of terminal acetylenes is 1. The highest BCUT2D eigenvalue weighted by Crippen LogP contribution is 2.24. The Morgan fingerprint density at radius 3 is 1.30 bits per heavy atom. The molecule has 0 unspecified atom stereocenters. The zero-order valence-corrected chi connectivity index (χ0v) is 63.8. The van der Waals surface area contributed by atoms with Crippen molar-refractivity contribution in [2.75, 3.05) is 44.6 Å². The summed E-state index contributed by atoms with van der Waals surface area (Å²) in [4.78, 5) is 39.5. The van der Waals surface area contributed by atoms with E-state index < -0.39 is 46.4 Å². The van der Waals surface area contributed by atoms with Crippen LogP contribution in [-0.2, 0) is 45.1 Å². The minimum absolute atomic E-state index is 0.0391. The Morgan fingerprint density at radius 2 is 0.920 bits per heavy atom. The van der Waals surface area contributed by atoms with Crippen molar-refractivity contribution in [3.8, 4) is 53.3 Å². The van der Waals surface area contributed by atoms with Gasteiger partial charge in [-0.3, -0.25) is 9.69 Å². The molecule has 3 saturated heterocycles. The lowest BCUT2D eigenvalue weighted by atomic mass is 10.0. The summed E-state index contributed by atoms with van der Waals surface area (Å²) in [7, 11) is -2.54. The van der Waals surface area contributed by atoms with Gasteiger partial charge in [-0.25, -0.2) is 44.3 Å². The summed E-state index contributed by atoms with van der Waals surface area (Å²) in [6.45, 7) is 15.2. The molecule has 0 aromatic heterocycles. The van der Waals surface area contributed by atoms with Crippen molar-refractivity contribution in [1.82, 2.24) is 24.1 Å². The molecule has 0 spiro atoms. The monoisotopic (exact) mass is 1610 g/mol. The molecule has 3 atom stereocenters. The van der Waals surface area contributed by atoms with Gasteiger partial charge in [0.15, 0.2) is 0 Å². The normalized spacial score (nSPS) is 15.4. The van der Waals surface area contributed by atoms with Gasteiger partial charge in [-0.2, -0.15) is 15.8 Å². The number of benzene rings is 7. The summed E-state index contributed by atoms with van der Waals surface area (Å²) >= 11 is 11.4. The number of halogens is 4. The molecule has 4 N–H and O–H groups in total. The Morgan fingerprint density at radius 1 is 0.560 bits per heavy atom. The van der Waals surface area contributed by atoms with Gasteiger partial charge in [-0.15, -0.1) is 45.8 Å². The number of carbonyl (C=O) groups excluding carboxylic acids is 3. The molecular weight excluding hydrogens is 1530 g/mol. The van der Waals surface area contributed by atoms with Gasteiger partial charge < -0.3 is 25.0 Å². The summed E-state index contributed by atoms with van der Waals surface area (Å²) in [5, 5.41) is 26.5. The Balaban J connectivity index is 0.000000332. The molecule has 3 aliphatic rings. The second-order valence-corrected chi connectivity index (χ2v) is 30.8. The number of hydrogen-bond donors (Lipinski definition) is 4. The van der Waals surface area contributed by atoms with Gasteiger partial charge in [0.2, 0.25) is 20.0 Å². The van der Waals surface area contributed by atoms with Gasteiger partial charge in [-0.05, 0) is 164 Å². The van der Waals surface area contributed by atoms with Gasteiger partial charge in [0, 0.05) is 80.2 Å². The van der Waals surface area contributed by atoms with Crippen LogP contribution in [0.3, 0.4) is 0 Å². The van der Waals surface area contributed by atoms with E-state index >= 15 is 0 Å². The highest BCUT2D eigenvalue weighted by molar-refractivity contribution is 14.2. The van der Waals surface area contributed by atoms with E-state index in [0.717, 1.165) is 44.3 Å². The molecule has 0 radical (unpaired) electrons. The lowest BCUT2D eigenvalue weighted by molar-refractivity contribution is 0.0282. The van der Waals surface area contributed by atoms with E-state index in [1.165, 1.54) is 81.8 Å². The molecule has 7 aromatic carbocycles. The van der Waals surface area contributed by atoms with Crippen molar-refractivity contribution in [2.24, 2.45) is 5.73 Å². The summed E-state index contributed by atoms with van der Waals surface area (Å²) in [6.07, 6.45) is 10.3. The lowest BCUT2D eigenvalue weighted by Gasteiger charge is -2.24. The van der Waals surface area contributed by atoms with Crippen molar-refractivity contribution < 1.29 is 49.1 Å². The smallest absolute Gasteiger partial charge is 0.410 e. The van der Waals surface area contributed by atoms with Crippen LogP contribution in [0, 0.1) is 46.8 Å². The number of carbonyl (C=O) groups is 3. The average Bonchev–Trinajstić information content (AvgIpc) is 1.05. The number of nitrogens with one attached hydrogen (secondary N) is 2. The van der Waals surface area contributed by atoms with Crippen LogP contribution in [0.2, 0.25) is 0 Å². The third-order valence-electron chi connectivity index (χ3n) is 14.0. The first-order valence-corrected chi connectivity index (χ1v) is 40.3. The van der Waals surface area contributed by atoms with Crippen LogP contribution in [0.4, 0.5) is 9.59 Å². The number of nitriles is 3. The van der Waals surface area contributed by atoms with E-state index in [9.17, 15) is 39.6 Å².